The van der Waals surface area contributed by atoms with Gasteiger partial charge in [-0.1, -0.05) is 12.1 Å². The maximum absolute atomic E-state index is 13.7. The van der Waals surface area contributed by atoms with Crippen LogP contribution in [0, 0.1) is 11.6 Å². The molecule has 1 fully saturated rings. The Morgan fingerprint density at radius 2 is 2.09 bits per heavy atom. The van der Waals surface area contributed by atoms with Crippen LogP contribution in [0.1, 0.15) is 17.9 Å². The maximum atomic E-state index is 13.7. The van der Waals surface area contributed by atoms with Crippen LogP contribution >= 0.6 is 11.3 Å². The first-order valence-corrected chi connectivity index (χ1v) is 8.88. The molecule has 118 valence electrons. The summed E-state index contributed by atoms with van der Waals surface area (Å²) in [6, 6.07) is 5.06. The van der Waals surface area contributed by atoms with Crippen molar-refractivity contribution < 1.29 is 21.9 Å². The lowest BCUT2D eigenvalue weighted by Gasteiger charge is -2.07. The average Bonchev–Trinajstić information content (AvgIpc) is 3.03. The number of thiophene rings is 1. The van der Waals surface area contributed by atoms with Gasteiger partial charge in [0, 0.05) is 12.0 Å². The Morgan fingerprint density at radius 3 is 2.82 bits per heavy atom. The van der Waals surface area contributed by atoms with Crippen molar-refractivity contribution in [3.8, 4) is 5.75 Å². The third kappa shape index (κ3) is 2.73. The summed E-state index contributed by atoms with van der Waals surface area (Å²) in [6.07, 6.45) is 0.438. The van der Waals surface area contributed by atoms with E-state index in [-0.39, 0.29) is 21.4 Å². The van der Waals surface area contributed by atoms with Crippen LogP contribution in [0.3, 0.4) is 0 Å². The number of hydrogen-bond donors (Lipinski definition) is 1. The zero-order valence-electron chi connectivity index (χ0n) is 11.5. The Labute approximate surface area is 130 Å². The van der Waals surface area contributed by atoms with Crippen LogP contribution in [0.5, 0.6) is 5.75 Å². The van der Waals surface area contributed by atoms with E-state index in [4.69, 9.17) is 4.74 Å². The minimum absolute atomic E-state index is 0.0837. The molecule has 22 heavy (non-hydrogen) atoms. The first-order valence-electron chi connectivity index (χ1n) is 6.51. The Kier molecular flexibility index (Phi) is 3.92. The predicted molar refractivity (Wildman–Crippen MR) is 78.7 cm³/mol. The SMILES string of the molecule is COc1ccsc1S(=O)(=O)NC1CC1c1cccc(F)c1F. The normalized spacial score (nSPS) is 20.9. The maximum Gasteiger partial charge on any atom is 0.254 e. The van der Waals surface area contributed by atoms with Gasteiger partial charge in [-0.15, -0.1) is 11.3 Å². The van der Waals surface area contributed by atoms with Gasteiger partial charge in [-0.05, 0) is 29.5 Å². The van der Waals surface area contributed by atoms with Gasteiger partial charge in [-0.3, -0.25) is 0 Å². The van der Waals surface area contributed by atoms with Gasteiger partial charge in [0.25, 0.3) is 10.0 Å². The molecule has 1 heterocycles. The molecule has 1 aromatic carbocycles. The zero-order chi connectivity index (χ0) is 15.9. The van der Waals surface area contributed by atoms with Crippen LogP contribution in [-0.2, 0) is 10.0 Å². The van der Waals surface area contributed by atoms with Crippen molar-refractivity contribution >= 4 is 21.4 Å². The minimum Gasteiger partial charge on any atom is -0.494 e. The summed E-state index contributed by atoms with van der Waals surface area (Å²) in [5.41, 5.74) is 0.200. The van der Waals surface area contributed by atoms with Crippen LogP contribution in [-0.4, -0.2) is 21.6 Å². The van der Waals surface area contributed by atoms with Crippen LogP contribution < -0.4 is 9.46 Å². The highest BCUT2D eigenvalue weighted by atomic mass is 32.2. The highest BCUT2D eigenvalue weighted by molar-refractivity contribution is 7.91. The quantitative estimate of drug-likeness (QED) is 0.907. The van der Waals surface area contributed by atoms with E-state index in [2.05, 4.69) is 4.72 Å². The van der Waals surface area contributed by atoms with Gasteiger partial charge >= 0.3 is 0 Å². The molecule has 1 aliphatic carbocycles. The van der Waals surface area contributed by atoms with Crippen molar-refractivity contribution in [3.63, 3.8) is 0 Å². The highest BCUT2D eigenvalue weighted by Crippen LogP contribution is 2.43. The van der Waals surface area contributed by atoms with Gasteiger partial charge in [0.05, 0.1) is 7.11 Å². The number of sulfonamides is 1. The van der Waals surface area contributed by atoms with Gasteiger partial charge in [0.15, 0.2) is 15.8 Å². The van der Waals surface area contributed by atoms with Crippen LogP contribution in [0.15, 0.2) is 33.9 Å². The van der Waals surface area contributed by atoms with Gasteiger partial charge < -0.3 is 4.74 Å². The van der Waals surface area contributed by atoms with E-state index in [1.807, 2.05) is 0 Å². The fourth-order valence-electron chi connectivity index (χ4n) is 2.36. The average molecular weight is 345 g/mol. The van der Waals surface area contributed by atoms with Crippen LogP contribution in [0.25, 0.3) is 0 Å². The first-order chi connectivity index (χ1) is 10.4. The predicted octanol–water partition coefficient (Wildman–Crippen LogP) is 2.87. The van der Waals surface area contributed by atoms with Crippen molar-refractivity contribution in [1.82, 2.24) is 4.72 Å². The summed E-state index contributed by atoms with van der Waals surface area (Å²) in [5.74, 6) is -1.92. The number of halogens is 2. The van der Waals surface area contributed by atoms with Crippen molar-refractivity contribution in [1.29, 1.82) is 0 Å². The Balaban J connectivity index is 1.77. The smallest absolute Gasteiger partial charge is 0.254 e. The molecule has 3 rings (SSSR count). The lowest BCUT2D eigenvalue weighted by molar-refractivity contribution is 0.406. The van der Waals surface area contributed by atoms with Crippen LogP contribution in [0.4, 0.5) is 8.78 Å². The number of hydrogen-bond acceptors (Lipinski definition) is 4. The minimum atomic E-state index is -3.73. The van der Waals surface area contributed by atoms with E-state index >= 15 is 0 Å². The van der Waals surface area contributed by atoms with Crippen molar-refractivity contribution in [2.45, 2.75) is 22.6 Å². The first kappa shape index (κ1) is 15.4. The van der Waals surface area contributed by atoms with E-state index in [1.165, 1.54) is 19.2 Å². The van der Waals surface area contributed by atoms with Crippen molar-refractivity contribution in [3.05, 3.63) is 46.8 Å². The molecule has 0 aliphatic heterocycles. The molecule has 0 saturated heterocycles. The van der Waals surface area contributed by atoms with E-state index in [0.29, 0.717) is 6.42 Å². The molecule has 2 atom stereocenters. The number of benzene rings is 1. The van der Waals surface area contributed by atoms with Crippen molar-refractivity contribution in [2.75, 3.05) is 7.11 Å². The largest absolute Gasteiger partial charge is 0.494 e. The Hall–Kier alpha value is -1.51. The summed E-state index contributed by atoms with van der Waals surface area (Å²) in [4.78, 5) is 0. The van der Waals surface area contributed by atoms with E-state index < -0.39 is 27.7 Å². The molecule has 8 heteroatoms. The number of rotatable bonds is 5. The number of nitrogens with one attached hydrogen (secondary N) is 1. The molecule has 0 spiro atoms. The standard InChI is InChI=1S/C14H13F2NO3S2/c1-20-12-5-6-21-14(12)22(18,19)17-11-7-9(11)8-3-2-4-10(15)13(8)16/h2-6,9,11,17H,7H2,1H3. The third-order valence-corrected chi connectivity index (χ3v) is 6.47. The topological polar surface area (TPSA) is 55.4 Å². The second kappa shape index (κ2) is 5.60. The molecule has 4 nitrogen and oxygen atoms in total. The van der Waals surface area contributed by atoms with E-state index in [0.717, 1.165) is 17.4 Å². The third-order valence-electron chi connectivity index (χ3n) is 3.54. The summed E-state index contributed by atoms with van der Waals surface area (Å²) in [7, 11) is -2.34. The molecule has 1 aliphatic rings. The summed E-state index contributed by atoms with van der Waals surface area (Å²) < 4.78 is 59.2. The highest BCUT2D eigenvalue weighted by Gasteiger charge is 2.43. The molecule has 1 saturated carbocycles. The van der Waals surface area contributed by atoms with Crippen molar-refractivity contribution in [2.24, 2.45) is 0 Å². The Morgan fingerprint density at radius 1 is 1.32 bits per heavy atom. The van der Waals surface area contributed by atoms with Gasteiger partial charge in [-0.25, -0.2) is 21.9 Å². The molecule has 2 aromatic rings. The molecule has 1 N–H and O–H groups in total. The fraction of sp³-hybridized carbons (Fsp3) is 0.286. The summed E-state index contributed by atoms with van der Waals surface area (Å²) in [5, 5.41) is 1.62. The summed E-state index contributed by atoms with van der Waals surface area (Å²) in [6.45, 7) is 0. The molecular weight excluding hydrogens is 332 g/mol. The summed E-state index contributed by atoms with van der Waals surface area (Å²) >= 11 is 1.04. The fourth-order valence-corrected chi connectivity index (χ4v) is 4.94. The molecule has 0 bridgehead atoms. The number of methoxy groups -OCH3 is 1. The van der Waals surface area contributed by atoms with Gasteiger partial charge in [0.1, 0.15) is 5.75 Å². The van der Waals surface area contributed by atoms with E-state index in [1.54, 1.807) is 11.4 Å². The second-order valence-corrected chi connectivity index (χ2v) is 7.81. The second-order valence-electron chi connectivity index (χ2n) is 4.99. The molecule has 0 amide bonds. The monoisotopic (exact) mass is 345 g/mol. The number of ether oxygens (including phenoxy) is 1. The lowest BCUT2D eigenvalue weighted by Crippen LogP contribution is -2.26. The molecular formula is C14H13F2NO3S2. The van der Waals surface area contributed by atoms with Gasteiger partial charge in [0.2, 0.25) is 0 Å². The molecule has 1 aromatic heterocycles. The Bertz CT molecular complexity index is 804. The molecule has 0 radical (unpaired) electrons. The molecule has 2 unspecified atom stereocenters. The van der Waals surface area contributed by atoms with E-state index in [9.17, 15) is 17.2 Å². The van der Waals surface area contributed by atoms with Crippen LogP contribution in [0.2, 0.25) is 0 Å². The zero-order valence-corrected chi connectivity index (χ0v) is 13.2. The lowest BCUT2D eigenvalue weighted by atomic mass is 10.1. The van der Waals surface area contributed by atoms with Gasteiger partial charge in [-0.2, -0.15) is 0 Å².